The maximum atomic E-state index is 9.29. The van der Waals surface area contributed by atoms with E-state index >= 15 is 0 Å². The van der Waals surface area contributed by atoms with E-state index < -0.39 is 0 Å². The lowest BCUT2D eigenvalue weighted by atomic mass is 10.7. The fourth-order valence-corrected chi connectivity index (χ4v) is 0.107. The van der Waals surface area contributed by atoms with Gasteiger partial charge in [0.15, 0.2) is 0 Å². The number of hydrogen-bond donors (Lipinski definition) is 1. The second kappa shape index (κ2) is 4.62. The summed E-state index contributed by atoms with van der Waals surface area (Å²) in [4.78, 5) is 4.18. The van der Waals surface area contributed by atoms with Crippen LogP contribution in [0.2, 0.25) is 0 Å². The van der Waals surface area contributed by atoms with Crippen LogP contribution in [-0.4, -0.2) is 6.61 Å². The second-order valence-electron chi connectivity index (χ2n) is 0.718. The van der Waals surface area contributed by atoms with Crippen LogP contribution in [0.5, 0.6) is 0 Å². The molecule has 2 N–H and O–H groups in total. The normalized spacial score (nSPS) is 8.17. The summed E-state index contributed by atoms with van der Waals surface area (Å²) in [6.07, 6.45) is 1.51. The van der Waals surface area contributed by atoms with Crippen LogP contribution in [0.15, 0.2) is 12.7 Å². The molecule has 0 heterocycles. The first-order valence-electron chi connectivity index (χ1n) is 1.58. The van der Waals surface area contributed by atoms with Crippen LogP contribution in [0.25, 0.3) is 0 Å². The van der Waals surface area contributed by atoms with Crippen molar-refractivity contribution in [3.05, 3.63) is 17.9 Å². The Morgan fingerprint density at radius 2 is 2.67 bits per heavy atom. The van der Waals surface area contributed by atoms with Crippen LogP contribution < -0.4 is 5.64 Å². The molecule has 0 rings (SSSR count). The summed E-state index contributed by atoms with van der Waals surface area (Å²) in [5.41, 5.74) is 0.391. The van der Waals surface area contributed by atoms with Gasteiger partial charge in [0.1, 0.15) is 6.61 Å². The summed E-state index contributed by atoms with van der Waals surface area (Å²) in [5, 5.41) is 9.29. The van der Waals surface area contributed by atoms with Crippen LogP contribution in [0.1, 0.15) is 0 Å². The lowest BCUT2D eigenvalue weighted by molar-refractivity contribution is -0.848. The van der Waals surface area contributed by atoms with E-state index in [9.17, 15) is 5.21 Å². The van der Waals surface area contributed by atoms with Crippen molar-refractivity contribution in [2.45, 2.75) is 0 Å². The lowest BCUT2D eigenvalue weighted by Gasteiger charge is -1.94. The van der Waals surface area contributed by atoms with Crippen molar-refractivity contribution in [3.63, 3.8) is 0 Å². The molecule has 0 unspecified atom stereocenters. The van der Waals surface area contributed by atoms with Crippen LogP contribution in [-0.2, 0) is 4.84 Å². The van der Waals surface area contributed by atoms with Crippen LogP contribution in [0.4, 0.5) is 0 Å². The van der Waals surface area contributed by atoms with Gasteiger partial charge in [-0.25, -0.2) is 10.5 Å². The zero-order valence-corrected chi connectivity index (χ0v) is 3.39. The number of rotatable bonds is 3. The van der Waals surface area contributed by atoms with Gasteiger partial charge in [-0.15, -0.1) is 6.58 Å². The molecule has 3 heteroatoms. The number of nitrogens with two attached hydrogens (primary N) is 1. The highest BCUT2D eigenvalue weighted by Gasteiger charge is 1.67. The highest BCUT2D eigenvalue weighted by Crippen LogP contribution is 1.55. The molecule has 0 saturated carbocycles. The summed E-state index contributed by atoms with van der Waals surface area (Å²) >= 11 is 0. The quantitative estimate of drug-likeness (QED) is 0.278. The molecule has 6 heavy (non-hydrogen) atoms. The fourth-order valence-electron chi connectivity index (χ4n) is 0.107. The van der Waals surface area contributed by atoms with E-state index in [1.807, 2.05) is 0 Å². The van der Waals surface area contributed by atoms with Crippen molar-refractivity contribution in [2.75, 3.05) is 6.61 Å². The summed E-state index contributed by atoms with van der Waals surface area (Å²) in [7, 11) is 0. The Balaban J connectivity index is 2.49. The van der Waals surface area contributed by atoms with Gasteiger partial charge in [-0.1, -0.05) is 6.08 Å². The average molecular weight is 89.1 g/mol. The van der Waals surface area contributed by atoms with Gasteiger partial charge in [0.05, 0.1) is 0 Å². The first-order valence-corrected chi connectivity index (χ1v) is 1.58. The van der Waals surface area contributed by atoms with Crippen molar-refractivity contribution in [1.29, 1.82) is 0 Å². The third-order valence-electron chi connectivity index (χ3n) is 0.282. The van der Waals surface area contributed by atoms with Gasteiger partial charge in [-0.3, -0.25) is 0 Å². The molecular formula is C3H7NO2. The number of quaternary nitrogens is 1. The predicted octanol–water partition coefficient (Wildman–Crippen LogP) is -0.835. The van der Waals surface area contributed by atoms with Crippen molar-refractivity contribution < 1.29 is 10.5 Å². The van der Waals surface area contributed by atoms with Crippen LogP contribution in [0.3, 0.4) is 0 Å². The van der Waals surface area contributed by atoms with Crippen molar-refractivity contribution in [3.8, 4) is 0 Å². The third kappa shape index (κ3) is 3.62. The minimum atomic E-state index is 0.309. The zero-order chi connectivity index (χ0) is 4.83. The standard InChI is InChI=1S/C3H7NO2/c1-2-3-6-4-5/h2H,1,3-4H2. The zero-order valence-electron chi connectivity index (χ0n) is 3.39. The molecule has 0 fully saturated rings. The minimum absolute atomic E-state index is 0.309. The van der Waals surface area contributed by atoms with E-state index in [1.54, 1.807) is 0 Å². The van der Waals surface area contributed by atoms with Gasteiger partial charge in [0.25, 0.3) is 0 Å². The third-order valence-corrected chi connectivity index (χ3v) is 0.282. The van der Waals surface area contributed by atoms with Gasteiger partial charge >= 0.3 is 0 Å². The molecule has 0 saturated heterocycles. The monoisotopic (exact) mass is 89.0 g/mol. The molecular weight excluding hydrogens is 82.0 g/mol. The first kappa shape index (κ1) is 5.62. The fraction of sp³-hybridized carbons (Fsp3) is 0.333. The van der Waals surface area contributed by atoms with Gasteiger partial charge in [0, 0.05) is 0 Å². The smallest absolute Gasteiger partial charge is 0.124 e. The Kier molecular flexibility index (Phi) is 4.33. The molecule has 0 amide bonds. The molecule has 0 aliphatic heterocycles. The van der Waals surface area contributed by atoms with E-state index in [1.165, 1.54) is 6.08 Å². The first-order chi connectivity index (χ1) is 2.91. The van der Waals surface area contributed by atoms with E-state index in [4.69, 9.17) is 0 Å². The predicted molar refractivity (Wildman–Crippen MR) is 21.4 cm³/mol. The molecule has 36 valence electrons. The van der Waals surface area contributed by atoms with E-state index in [0.717, 1.165) is 0 Å². The van der Waals surface area contributed by atoms with E-state index in [0.29, 0.717) is 12.3 Å². The second-order valence-corrected chi connectivity index (χ2v) is 0.718. The molecule has 0 bridgehead atoms. The summed E-state index contributed by atoms with van der Waals surface area (Å²) in [6, 6.07) is 0. The maximum absolute atomic E-state index is 9.29. The van der Waals surface area contributed by atoms with Crippen molar-refractivity contribution >= 4 is 0 Å². The molecule has 0 spiro atoms. The maximum Gasteiger partial charge on any atom is 0.124 e. The highest BCUT2D eigenvalue weighted by atomic mass is 16.8. The summed E-state index contributed by atoms with van der Waals surface area (Å²) in [5.74, 6) is 0. The van der Waals surface area contributed by atoms with Gasteiger partial charge < -0.3 is 5.21 Å². The Hall–Kier alpha value is -0.380. The molecule has 0 radical (unpaired) electrons. The van der Waals surface area contributed by atoms with E-state index in [-0.39, 0.29) is 0 Å². The van der Waals surface area contributed by atoms with Crippen LogP contribution in [0, 0.1) is 5.21 Å². The SMILES string of the molecule is C=CCO[NH2+][O-]. The molecule has 3 nitrogen and oxygen atoms in total. The van der Waals surface area contributed by atoms with Crippen LogP contribution >= 0.6 is 0 Å². The van der Waals surface area contributed by atoms with Gasteiger partial charge in [0.2, 0.25) is 0 Å². The largest absolute Gasteiger partial charge is 0.601 e. The van der Waals surface area contributed by atoms with Gasteiger partial charge in [-0.05, 0) is 0 Å². The topological polar surface area (TPSA) is 48.9 Å². The van der Waals surface area contributed by atoms with Gasteiger partial charge in [-0.2, -0.15) is 0 Å². The Labute approximate surface area is 36.1 Å². The molecule has 0 atom stereocenters. The molecule has 0 aromatic carbocycles. The van der Waals surface area contributed by atoms with Crippen molar-refractivity contribution in [2.24, 2.45) is 0 Å². The summed E-state index contributed by atoms with van der Waals surface area (Å²) in [6.45, 7) is 3.62. The van der Waals surface area contributed by atoms with Crippen molar-refractivity contribution in [1.82, 2.24) is 0 Å². The Bertz CT molecular complexity index is 37.8. The summed E-state index contributed by atoms with van der Waals surface area (Å²) < 4.78 is 0. The molecule has 0 aliphatic rings. The Morgan fingerprint density at radius 3 is 2.83 bits per heavy atom. The van der Waals surface area contributed by atoms with E-state index in [2.05, 4.69) is 11.4 Å². The minimum Gasteiger partial charge on any atom is -0.601 e. The number of hydrogen-bond acceptors (Lipinski definition) is 2. The highest BCUT2D eigenvalue weighted by molar-refractivity contribution is 4.61. The lowest BCUT2D eigenvalue weighted by Crippen LogP contribution is -2.76. The Morgan fingerprint density at radius 1 is 2.00 bits per heavy atom. The molecule has 0 aliphatic carbocycles. The molecule has 0 aromatic heterocycles. The molecule has 0 aromatic rings. The average Bonchev–Trinajstić information content (AvgIpc) is 1.61.